The average Bonchev–Trinajstić information content (AvgIpc) is 2.58. The van der Waals surface area contributed by atoms with Crippen molar-refractivity contribution in [1.82, 2.24) is 9.55 Å². The number of nitrogens with zero attached hydrogens (tertiary/aromatic N) is 3. The number of carboxylic acids is 1. The largest absolute Gasteiger partial charge is 0.480 e. The maximum absolute atomic E-state index is 10.7. The van der Waals surface area contributed by atoms with Gasteiger partial charge in [-0.3, -0.25) is 4.79 Å². The van der Waals surface area contributed by atoms with Crippen LogP contribution in [-0.4, -0.2) is 47.4 Å². The zero-order valence-corrected chi connectivity index (χ0v) is 8.88. The molecule has 6 heteroatoms. The standard InChI is InChI=1S/C9H15N3O3/c1-11-4-3-10-9(11)12(5-6-15-2)7-8(13)14/h3-4H,5-7H2,1-2H3,(H,13,14). The fourth-order valence-electron chi connectivity index (χ4n) is 1.28. The predicted octanol–water partition coefficient (Wildman–Crippen LogP) is -0.0425. The van der Waals surface area contributed by atoms with Crippen molar-refractivity contribution < 1.29 is 14.6 Å². The number of imidazole rings is 1. The lowest BCUT2D eigenvalue weighted by molar-refractivity contribution is -0.135. The van der Waals surface area contributed by atoms with Gasteiger partial charge in [-0.1, -0.05) is 0 Å². The Bertz CT molecular complexity index is 324. The van der Waals surface area contributed by atoms with Crippen LogP contribution in [0, 0.1) is 0 Å². The molecule has 0 saturated carbocycles. The van der Waals surface area contributed by atoms with Crippen LogP contribution >= 0.6 is 0 Å². The second-order valence-electron chi connectivity index (χ2n) is 3.15. The Hall–Kier alpha value is -1.56. The molecule has 0 unspecified atom stereocenters. The normalized spacial score (nSPS) is 10.3. The number of carbonyl (C=O) groups is 1. The first-order valence-corrected chi connectivity index (χ1v) is 4.58. The van der Waals surface area contributed by atoms with Gasteiger partial charge in [-0.05, 0) is 0 Å². The number of anilines is 1. The summed E-state index contributed by atoms with van der Waals surface area (Å²) >= 11 is 0. The van der Waals surface area contributed by atoms with E-state index in [9.17, 15) is 4.79 Å². The molecule has 1 N–H and O–H groups in total. The molecule has 1 aromatic heterocycles. The van der Waals surface area contributed by atoms with Crippen LogP contribution in [-0.2, 0) is 16.6 Å². The highest BCUT2D eigenvalue weighted by molar-refractivity contribution is 5.72. The lowest BCUT2D eigenvalue weighted by Gasteiger charge is -2.20. The number of rotatable bonds is 6. The van der Waals surface area contributed by atoms with Gasteiger partial charge in [0.1, 0.15) is 6.54 Å². The Kier molecular flexibility index (Phi) is 4.11. The number of hydrogen-bond donors (Lipinski definition) is 1. The molecule has 1 heterocycles. The molecule has 0 saturated heterocycles. The van der Waals surface area contributed by atoms with Crippen molar-refractivity contribution in [3.05, 3.63) is 12.4 Å². The smallest absolute Gasteiger partial charge is 0.323 e. The van der Waals surface area contributed by atoms with Crippen LogP contribution in [0.1, 0.15) is 0 Å². The van der Waals surface area contributed by atoms with Crippen LogP contribution in [0.4, 0.5) is 5.95 Å². The van der Waals surface area contributed by atoms with E-state index in [4.69, 9.17) is 9.84 Å². The van der Waals surface area contributed by atoms with Crippen molar-refractivity contribution in [1.29, 1.82) is 0 Å². The molecule has 1 aromatic rings. The highest BCUT2D eigenvalue weighted by atomic mass is 16.5. The molecule has 6 nitrogen and oxygen atoms in total. The van der Waals surface area contributed by atoms with Gasteiger partial charge >= 0.3 is 5.97 Å². The minimum atomic E-state index is -0.880. The SMILES string of the molecule is COCCN(CC(=O)O)c1nccn1C. The molecule has 0 bridgehead atoms. The Labute approximate surface area is 88.1 Å². The molecule has 15 heavy (non-hydrogen) atoms. The summed E-state index contributed by atoms with van der Waals surface area (Å²) < 4.78 is 6.70. The molecule has 0 atom stereocenters. The highest BCUT2D eigenvalue weighted by Gasteiger charge is 2.13. The monoisotopic (exact) mass is 213 g/mol. The van der Waals surface area contributed by atoms with Crippen molar-refractivity contribution >= 4 is 11.9 Å². The highest BCUT2D eigenvalue weighted by Crippen LogP contribution is 2.08. The van der Waals surface area contributed by atoms with Crippen molar-refractivity contribution in [2.24, 2.45) is 7.05 Å². The van der Waals surface area contributed by atoms with E-state index in [1.165, 1.54) is 0 Å². The van der Waals surface area contributed by atoms with Crippen molar-refractivity contribution in [3.8, 4) is 0 Å². The third-order valence-corrected chi connectivity index (χ3v) is 1.97. The van der Waals surface area contributed by atoms with E-state index in [0.717, 1.165) is 0 Å². The van der Waals surface area contributed by atoms with E-state index in [0.29, 0.717) is 19.1 Å². The first-order valence-electron chi connectivity index (χ1n) is 4.58. The van der Waals surface area contributed by atoms with Gasteiger partial charge in [0, 0.05) is 33.1 Å². The zero-order valence-electron chi connectivity index (χ0n) is 8.88. The van der Waals surface area contributed by atoms with Gasteiger partial charge in [0.15, 0.2) is 0 Å². The Balaban J connectivity index is 2.71. The van der Waals surface area contributed by atoms with Crippen LogP contribution in [0.3, 0.4) is 0 Å². The second-order valence-corrected chi connectivity index (χ2v) is 3.15. The van der Waals surface area contributed by atoms with E-state index in [-0.39, 0.29) is 6.54 Å². The molecular weight excluding hydrogens is 198 g/mol. The molecular formula is C9H15N3O3. The van der Waals surface area contributed by atoms with Gasteiger partial charge in [0.05, 0.1) is 6.61 Å². The summed E-state index contributed by atoms with van der Waals surface area (Å²) in [5, 5.41) is 8.75. The van der Waals surface area contributed by atoms with E-state index in [2.05, 4.69) is 4.98 Å². The molecule has 0 aliphatic rings. The van der Waals surface area contributed by atoms with Crippen molar-refractivity contribution in [2.45, 2.75) is 0 Å². The molecule has 0 aliphatic heterocycles. The molecule has 0 amide bonds. The van der Waals surface area contributed by atoms with E-state index < -0.39 is 5.97 Å². The van der Waals surface area contributed by atoms with E-state index >= 15 is 0 Å². The minimum Gasteiger partial charge on any atom is -0.480 e. The van der Waals surface area contributed by atoms with Crippen molar-refractivity contribution in [3.63, 3.8) is 0 Å². The number of aryl methyl sites for hydroxylation is 1. The summed E-state index contributed by atoms with van der Waals surface area (Å²) in [6.45, 7) is 0.905. The van der Waals surface area contributed by atoms with E-state index in [1.807, 2.05) is 7.05 Å². The third-order valence-electron chi connectivity index (χ3n) is 1.97. The summed E-state index contributed by atoms with van der Waals surface area (Å²) in [4.78, 5) is 16.4. The lowest BCUT2D eigenvalue weighted by atomic mass is 10.5. The van der Waals surface area contributed by atoms with Crippen molar-refractivity contribution in [2.75, 3.05) is 31.7 Å². The number of aliphatic carboxylic acids is 1. The first kappa shape index (κ1) is 11.5. The van der Waals surface area contributed by atoms with Crippen LogP contribution in [0.5, 0.6) is 0 Å². The van der Waals surface area contributed by atoms with Gasteiger partial charge < -0.3 is 19.3 Å². The number of methoxy groups -OCH3 is 1. The average molecular weight is 213 g/mol. The Morgan fingerprint density at radius 2 is 2.47 bits per heavy atom. The van der Waals surface area contributed by atoms with E-state index in [1.54, 1.807) is 29.0 Å². The molecule has 0 radical (unpaired) electrons. The molecule has 0 aliphatic carbocycles. The molecule has 1 rings (SSSR count). The Morgan fingerprint density at radius 1 is 1.73 bits per heavy atom. The third kappa shape index (κ3) is 3.25. The summed E-state index contributed by atoms with van der Waals surface area (Å²) in [6.07, 6.45) is 3.41. The Morgan fingerprint density at radius 3 is 2.93 bits per heavy atom. The van der Waals surface area contributed by atoms with Crippen LogP contribution in [0.2, 0.25) is 0 Å². The number of aromatic nitrogens is 2. The van der Waals surface area contributed by atoms with Crippen LogP contribution in [0.15, 0.2) is 12.4 Å². The number of hydrogen-bond acceptors (Lipinski definition) is 4. The van der Waals surface area contributed by atoms with Gasteiger partial charge in [-0.25, -0.2) is 4.98 Å². The topological polar surface area (TPSA) is 67.6 Å². The number of ether oxygens (including phenoxy) is 1. The van der Waals surface area contributed by atoms with Crippen LogP contribution < -0.4 is 4.90 Å². The van der Waals surface area contributed by atoms with Gasteiger partial charge in [0.25, 0.3) is 0 Å². The first-order chi connectivity index (χ1) is 7.15. The lowest BCUT2D eigenvalue weighted by Crippen LogP contribution is -2.34. The molecule has 84 valence electrons. The summed E-state index contributed by atoms with van der Waals surface area (Å²) in [6, 6.07) is 0. The summed E-state index contributed by atoms with van der Waals surface area (Å²) in [7, 11) is 3.40. The minimum absolute atomic E-state index is 0.0752. The fraction of sp³-hybridized carbons (Fsp3) is 0.556. The summed E-state index contributed by atoms with van der Waals surface area (Å²) in [5.41, 5.74) is 0. The molecule has 0 spiro atoms. The number of carboxylic acid groups (broad SMARTS) is 1. The zero-order chi connectivity index (χ0) is 11.3. The second kappa shape index (κ2) is 5.35. The summed E-state index contributed by atoms with van der Waals surface area (Å²) in [5.74, 6) is -0.247. The fourth-order valence-corrected chi connectivity index (χ4v) is 1.28. The predicted molar refractivity (Wildman–Crippen MR) is 54.9 cm³/mol. The van der Waals surface area contributed by atoms with Crippen LogP contribution in [0.25, 0.3) is 0 Å². The molecule has 0 aromatic carbocycles. The van der Waals surface area contributed by atoms with Gasteiger partial charge in [-0.2, -0.15) is 0 Å². The van der Waals surface area contributed by atoms with Gasteiger partial charge in [0.2, 0.25) is 5.95 Å². The van der Waals surface area contributed by atoms with Gasteiger partial charge in [-0.15, -0.1) is 0 Å². The maximum Gasteiger partial charge on any atom is 0.323 e. The quantitative estimate of drug-likeness (QED) is 0.718. The molecule has 0 fully saturated rings. The maximum atomic E-state index is 10.7.